The summed E-state index contributed by atoms with van der Waals surface area (Å²) in [6.07, 6.45) is 1.31. The average molecular weight is 330 g/mol. The monoisotopic (exact) mass is 328 g/mol. The molecule has 2 rings (SSSR count). The molecule has 1 aromatic carbocycles. The Balaban J connectivity index is 2.63. The van der Waals surface area contributed by atoms with Crippen LogP contribution in [0, 0.1) is 0 Å². The van der Waals surface area contributed by atoms with E-state index in [1.807, 2.05) is 0 Å². The molecule has 0 aliphatic carbocycles. The molecule has 0 aliphatic rings. The Hall–Kier alpha value is -1.62. The molecule has 2 aromatic rings. The highest BCUT2D eigenvalue weighted by Crippen LogP contribution is 2.26. The summed E-state index contributed by atoms with van der Waals surface area (Å²) in [5, 5.41) is -0.307. The number of pyridine rings is 1. The third-order valence-electron chi connectivity index (χ3n) is 2.59. The average Bonchev–Trinajstić information content (AvgIpc) is 2.40. The van der Waals surface area contributed by atoms with Crippen molar-refractivity contribution in [2.75, 3.05) is 5.73 Å². The molecular weight excluding hydrogens is 323 g/mol. The first kappa shape index (κ1) is 14.8. The molecule has 0 bridgehead atoms. The first-order valence-electron chi connectivity index (χ1n) is 5.36. The lowest BCUT2D eigenvalue weighted by Gasteiger charge is -2.08. The number of nitrogens with zero attached hydrogens (tertiary/aromatic N) is 1. The fourth-order valence-corrected chi connectivity index (χ4v) is 2.26. The van der Waals surface area contributed by atoms with Crippen molar-refractivity contribution in [2.24, 2.45) is 0 Å². The van der Waals surface area contributed by atoms with Gasteiger partial charge in [-0.1, -0.05) is 23.2 Å². The zero-order valence-corrected chi connectivity index (χ0v) is 12.1. The first-order chi connectivity index (χ1) is 9.41. The van der Waals surface area contributed by atoms with Crippen molar-refractivity contribution >= 4 is 51.6 Å². The maximum Gasteiger partial charge on any atom is 0.256 e. The van der Waals surface area contributed by atoms with Crippen molar-refractivity contribution in [1.82, 2.24) is 4.98 Å². The molecule has 2 N–H and O–H groups in total. The Morgan fingerprint density at radius 3 is 2.45 bits per heavy atom. The van der Waals surface area contributed by atoms with Gasteiger partial charge in [0.25, 0.3) is 5.24 Å². The zero-order valence-electron chi connectivity index (χ0n) is 9.86. The number of carbonyl (C=O) groups excluding carboxylic acids is 2. The molecule has 0 saturated carbocycles. The van der Waals surface area contributed by atoms with Gasteiger partial charge in [-0.15, -0.1) is 0 Å². The van der Waals surface area contributed by atoms with E-state index >= 15 is 0 Å². The number of rotatable bonds is 3. The summed E-state index contributed by atoms with van der Waals surface area (Å²) in [5.74, 6) is -0.621. The molecule has 7 heteroatoms. The first-order valence-corrected chi connectivity index (χ1v) is 6.49. The number of hydrogen-bond acceptors (Lipinski definition) is 4. The predicted octanol–water partition coefficient (Wildman–Crippen LogP) is 3.58. The molecule has 0 aliphatic heterocycles. The van der Waals surface area contributed by atoms with Crippen molar-refractivity contribution in [3.63, 3.8) is 0 Å². The van der Waals surface area contributed by atoms with Crippen LogP contribution >= 0.6 is 34.8 Å². The molecule has 0 amide bonds. The van der Waals surface area contributed by atoms with Crippen molar-refractivity contribution < 1.29 is 9.59 Å². The van der Waals surface area contributed by atoms with Gasteiger partial charge in [0.05, 0.1) is 10.6 Å². The van der Waals surface area contributed by atoms with E-state index in [0.717, 1.165) is 0 Å². The van der Waals surface area contributed by atoms with Crippen LogP contribution in [0.4, 0.5) is 5.82 Å². The topological polar surface area (TPSA) is 73.0 Å². The number of halogens is 3. The Labute approximate surface area is 129 Å². The Bertz CT molecular complexity index is 717. The molecule has 0 fully saturated rings. The van der Waals surface area contributed by atoms with Crippen LogP contribution in [-0.4, -0.2) is 16.0 Å². The maximum atomic E-state index is 12.5. The van der Waals surface area contributed by atoms with Crippen LogP contribution in [0.3, 0.4) is 0 Å². The smallest absolute Gasteiger partial charge is 0.256 e. The van der Waals surface area contributed by atoms with Gasteiger partial charge in [0.1, 0.15) is 5.82 Å². The number of nitrogen functional groups attached to an aromatic ring is 1. The van der Waals surface area contributed by atoms with E-state index in [-0.39, 0.29) is 27.5 Å². The summed E-state index contributed by atoms with van der Waals surface area (Å²) in [5.41, 5.74) is 5.62. The van der Waals surface area contributed by atoms with Gasteiger partial charge in [-0.2, -0.15) is 0 Å². The van der Waals surface area contributed by atoms with Crippen LogP contribution < -0.4 is 5.73 Å². The van der Waals surface area contributed by atoms with Gasteiger partial charge in [-0.3, -0.25) is 9.59 Å². The van der Waals surface area contributed by atoms with E-state index in [1.165, 1.54) is 24.4 Å². The number of carbonyl (C=O) groups is 2. The number of aromatic nitrogens is 1. The zero-order chi connectivity index (χ0) is 14.9. The molecule has 1 aromatic heterocycles. The summed E-state index contributed by atoms with van der Waals surface area (Å²) >= 11 is 17.3. The van der Waals surface area contributed by atoms with Gasteiger partial charge < -0.3 is 5.73 Å². The largest absolute Gasteiger partial charge is 0.383 e. The van der Waals surface area contributed by atoms with E-state index in [2.05, 4.69) is 4.98 Å². The Kier molecular flexibility index (Phi) is 4.28. The van der Waals surface area contributed by atoms with E-state index < -0.39 is 11.0 Å². The lowest BCUT2D eigenvalue weighted by molar-refractivity contribution is 0.102. The van der Waals surface area contributed by atoms with Gasteiger partial charge in [-0.05, 0) is 35.9 Å². The molecule has 0 radical (unpaired) electrons. The fraction of sp³-hybridized carbons (Fsp3) is 0. The van der Waals surface area contributed by atoms with Crippen molar-refractivity contribution in [3.8, 4) is 0 Å². The second-order valence-corrected chi connectivity index (χ2v) is 5.03. The molecular formula is C13H7Cl3N2O2. The quantitative estimate of drug-likeness (QED) is 0.690. The maximum absolute atomic E-state index is 12.5. The van der Waals surface area contributed by atoms with Crippen LogP contribution in [0.15, 0.2) is 30.5 Å². The number of nitrogens with two attached hydrogens (primary N) is 1. The molecule has 20 heavy (non-hydrogen) atoms. The highest BCUT2D eigenvalue weighted by Gasteiger charge is 2.22. The lowest BCUT2D eigenvalue weighted by atomic mass is 10.00. The number of anilines is 1. The van der Waals surface area contributed by atoms with Gasteiger partial charge >= 0.3 is 0 Å². The lowest BCUT2D eigenvalue weighted by Crippen LogP contribution is -2.11. The van der Waals surface area contributed by atoms with Gasteiger partial charge in [0, 0.05) is 22.3 Å². The van der Waals surface area contributed by atoms with Crippen molar-refractivity contribution in [2.45, 2.75) is 0 Å². The highest BCUT2D eigenvalue weighted by atomic mass is 35.5. The number of hydrogen-bond donors (Lipinski definition) is 1. The van der Waals surface area contributed by atoms with Gasteiger partial charge in [0.2, 0.25) is 0 Å². The minimum Gasteiger partial charge on any atom is -0.383 e. The Morgan fingerprint density at radius 1 is 1.10 bits per heavy atom. The fourth-order valence-electron chi connectivity index (χ4n) is 1.69. The SMILES string of the molecule is Nc1nccc(C(=O)c2cc(Cl)ccc2Cl)c1C(=O)Cl. The van der Waals surface area contributed by atoms with E-state index in [9.17, 15) is 9.59 Å². The molecule has 0 saturated heterocycles. The second kappa shape index (κ2) is 5.79. The highest BCUT2D eigenvalue weighted by molar-refractivity contribution is 6.68. The Morgan fingerprint density at radius 2 is 1.80 bits per heavy atom. The van der Waals surface area contributed by atoms with E-state index in [0.29, 0.717) is 5.02 Å². The van der Waals surface area contributed by atoms with Crippen LogP contribution in [0.25, 0.3) is 0 Å². The van der Waals surface area contributed by atoms with Crippen LogP contribution in [0.1, 0.15) is 26.3 Å². The molecule has 102 valence electrons. The van der Waals surface area contributed by atoms with Crippen LogP contribution in [0.5, 0.6) is 0 Å². The normalized spacial score (nSPS) is 10.3. The van der Waals surface area contributed by atoms with Crippen molar-refractivity contribution in [1.29, 1.82) is 0 Å². The molecule has 0 spiro atoms. The van der Waals surface area contributed by atoms with Crippen LogP contribution in [0.2, 0.25) is 10.0 Å². The summed E-state index contributed by atoms with van der Waals surface area (Å²) < 4.78 is 0. The minimum atomic E-state index is -0.864. The number of benzene rings is 1. The summed E-state index contributed by atoms with van der Waals surface area (Å²) in [6, 6.07) is 5.80. The van der Waals surface area contributed by atoms with Gasteiger partial charge in [0.15, 0.2) is 5.78 Å². The number of ketones is 1. The van der Waals surface area contributed by atoms with Crippen LogP contribution in [-0.2, 0) is 0 Å². The summed E-state index contributed by atoms with van der Waals surface area (Å²) in [6.45, 7) is 0. The standard InChI is InChI=1S/C13H7Cl3N2O2/c14-6-1-2-9(15)8(5-6)11(19)7-3-4-18-13(17)10(7)12(16)20/h1-5H,(H2,17,18). The minimum absolute atomic E-state index is 0.0293. The van der Waals surface area contributed by atoms with E-state index in [4.69, 9.17) is 40.5 Å². The van der Waals surface area contributed by atoms with E-state index in [1.54, 1.807) is 6.07 Å². The summed E-state index contributed by atoms with van der Waals surface area (Å²) in [4.78, 5) is 27.6. The molecule has 0 unspecified atom stereocenters. The molecule has 4 nitrogen and oxygen atoms in total. The second-order valence-electron chi connectivity index (χ2n) is 3.85. The summed E-state index contributed by atoms with van der Waals surface area (Å²) in [7, 11) is 0. The third-order valence-corrected chi connectivity index (χ3v) is 3.35. The molecule has 0 atom stereocenters. The molecule has 1 heterocycles. The van der Waals surface area contributed by atoms with Crippen molar-refractivity contribution in [3.05, 3.63) is 57.2 Å². The van der Waals surface area contributed by atoms with Gasteiger partial charge in [-0.25, -0.2) is 4.98 Å². The predicted molar refractivity (Wildman–Crippen MR) is 78.7 cm³/mol. The third kappa shape index (κ3) is 2.77.